The average Bonchev–Trinajstić information content (AvgIpc) is 2.85. The smallest absolute Gasteiger partial charge is 0.222 e. The predicted octanol–water partition coefficient (Wildman–Crippen LogP) is 3.80. The van der Waals surface area contributed by atoms with Crippen LogP contribution in [-0.4, -0.2) is 6.08 Å². The Morgan fingerprint density at radius 2 is 0.692 bits per heavy atom. The lowest BCUT2D eigenvalue weighted by atomic mass is 10.4. The van der Waals surface area contributed by atoms with E-state index >= 15 is 0 Å². The Bertz CT molecular complexity index is 94.8. The van der Waals surface area contributed by atoms with Crippen LogP contribution in [-0.2, 0) is 4.79 Å². The van der Waals surface area contributed by atoms with Crippen molar-refractivity contribution in [2.45, 2.75) is 64.2 Å². The summed E-state index contributed by atoms with van der Waals surface area (Å²) in [5.74, 6) is 0. The van der Waals surface area contributed by atoms with Gasteiger partial charge in [0.25, 0.3) is 0 Å². The van der Waals surface area contributed by atoms with Crippen LogP contribution in [0.25, 0.3) is 0 Å². The van der Waals surface area contributed by atoms with Crippen molar-refractivity contribution in [1.82, 2.24) is 0 Å². The minimum atomic E-state index is 0.750. The van der Waals surface area contributed by atoms with Crippen molar-refractivity contribution in [2.24, 2.45) is 0 Å². The number of hydrogen-bond acceptors (Lipinski definition) is 2. The number of hydrogen-bond donors (Lipinski definition) is 1. The van der Waals surface area contributed by atoms with Gasteiger partial charge in [-0.3, -0.25) is 0 Å². The van der Waals surface area contributed by atoms with Crippen molar-refractivity contribution in [3.8, 4) is 0 Å². The minimum Gasteiger partial charge on any atom is -0.222 e. The second kappa shape index (κ2) is 11.4. The molecule has 2 aliphatic carbocycles. The quantitative estimate of drug-likeness (QED) is 0.450. The normalized spacial score (nSPS) is 19.1. The largest absolute Gasteiger partial charge is 0.231 e. The molecule has 1 N–H and O–H groups in total. The Balaban J connectivity index is 0.000000174. The van der Waals surface area contributed by atoms with Crippen molar-refractivity contribution in [2.75, 3.05) is 0 Å². The van der Waals surface area contributed by atoms with E-state index in [2.05, 4.69) is 0 Å². The summed E-state index contributed by atoms with van der Waals surface area (Å²) in [5, 5.41) is 5.40. The van der Waals surface area contributed by atoms with Crippen LogP contribution < -0.4 is 0 Å². The standard InChI is InChI=1S/2C5H10.CHNO/c2*1-2-4-5-3-1;2-1-3/h2*1-5H2;2H. The summed E-state index contributed by atoms with van der Waals surface area (Å²) < 4.78 is 0. The molecule has 0 saturated heterocycles. The molecule has 2 rings (SSSR count). The maximum absolute atomic E-state index is 8.35. The lowest BCUT2D eigenvalue weighted by molar-refractivity contribution is 0.563. The monoisotopic (exact) mass is 183 g/mol. The van der Waals surface area contributed by atoms with Gasteiger partial charge in [0.15, 0.2) is 0 Å². The van der Waals surface area contributed by atoms with Gasteiger partial charge in [0.1, 0.15) is 0 Å². The van der Waals surface area contributed by atoms with E-state index in [1.54, 1.807) is 0 Å². The van der Waals surface area contributed by atoms with Crippen molar-refractivity contribution in [3.63, 3.8) is 0 Å². The van der Waals surface area contributed by atoms with E-state index in [1.807, 2.05) is 0 Å². The molecular weight excluding hydrogens is 162 g/mol. The molecular formula is C11H21NO. The lowest BCUT2D eigenvalue weighted by Crippen LogP contribution is -1.47. The Morgan fingerprint density at radius 1 is 0.615 bits per heavy atom. The molecule has 0 spiro atoms. The third kappa shape index (κ3) is 11.4. The molecule has 2 saturated carbocycles. The zero-order valence-corrected chi connectivity index (χ0v) is 8.48. The maximum Gasteiger partial charge on any atom is 0.231 e. The highest BCUT2D eigenvalue weighted by Gasteiger charge is 1.95. The molecule has 76 valence electrons. The number of nitrogens with one attached hydrogen (secondary N) is 1. The fourth-order valence-electron chi connectivity index (χ4n) is 1.77. The van der Waals surface area contributed by atoms with Crippen LogP contribution in [0.5, 0.6) is 0 Å². The summed E-state index contributed by atoms with van der Waals surface area (Å²) in [6, 6.07) is 0. The molecule has 0 aliphatic heterocycles. The third-order valence-corrected chi connectivity index (χ3v) is 2.50. The van der Waals surface area contributed by atoms with E-state index in [-0.39, 0.29) is 0 Å². The van der Waals surface area contributed by atoms with E-state index < -0.39 is 0 Å². The van der Waals surface area contributed by atoms with Gasteiger partial charge in [0.05, 0.1) is 0 Å². The van der Waals surface area contributed by atoms with Gasteiger partial charge in [0, 0.05) is 0 Å². The molecule has 0 aromatic rings. The number of isocyanates is 1. The molecule has 0 aromatic heterocycles. The fraction of sp³-hybridized carbons (Fsp3) is 0.909. The molecule has 0 amide bonds. The van der Waals surface area contributed by atoms with E-state index in [9.17, 15) is 0 Å². The first kappa shape index (κ1) is 12.4. The second-order valence-corrected chi connectivity index (χ2v) is 3.64. The SMILES string of the molecule is C1CCCC1.C1CCCC1.N=C=O. The molecule has 0 heterocycles. The second-order valence-electron chi connectivity index (χ2n) is 3.64. The predicted molar refractivity (Wildman–Crippen MR) is 54.6 cm³/mol. The van der Waals surface area contributed by atoms with Crippen molar-refractivity contribution < 1.29 is 4.79 Å². The molecule has 2 heteroatoms. The van der Waals surface area contributed by atoms with Crippen LogP contribution in [0.3, 0.4) is 0 Å². The first-order chi connectivity index (χ1) is 6.41. The first-order valence-electron chi connectivity index (χ1n) is 5.45. The minimum absolute atomic E-state index is 0.750. The molecule has 0 atom stereocenters. The van der Waals surface area contributed by atoms with E-state index in [0.717, 1.165) is 6.08 Å². The van der Waals surface area contributed by atoms with E-state index in [1.165, 1.54) is 64.2 Å². The van der Waals surface area contributed by atoms with Crippen molar-refractivity contribution >= 4 is 6.08 Å². The summed E-state index contributed by atoms with van der Waals surface area (Å²) in [5.41, 5.74) is 0. The molecule has 0 unspecified atom stereocenters. The maximum atomic E-state index is 8.35. The highest BCUT2D eigenvalue weighted by atomic mass is 16.1. The van der Waals surface area contributed by atoms with Gasteiger partial charge in [-0.1, -0.05) is 64.2 Å². The van der Waals surface area contributed by atoms with Crippen molar-refractivity contribution in [1.29, 1.82) is 5.41 Å². The van der Waals surface area contributed by atoms with Gasteiger partial charge < -0.3 is 0 Å². The Labute approximate surface area is 81.2 Å². The van der Waals surface area contributed by atoms with Crippen molar-refractivity contribution in [3.05, 3.63) is 0 Å². The Kier molecular flexibility index (Phi) is 10.8. The molecule has 2 fully saturated rings. The van der Waals surface area contributed by atoms with Crippen LogP contribution in [0, 0.1) is 5.41 Å². The van der Waals surface area contributed by atoms with Crippen LogP contribution >= 0.6 is 0 Å². The van der Waals surface area contributed by atoms with Crippen LogP contribution in [0.4, 0.5) is 0 Å². The van der Waals surface area contributed by atoms with Crippen LogP contribution in [0.15, 0.2) is 0 Å². The summed E-state index contributed by atoms with van der Waals surface area (Å²) in [6.07, 6.45) is 15.8. The van der Waals surface area contributed by atoms with Gasteiger partial charge in [-0.25, -0.2) is 10.2 Å². The highest BCUT2D eigenvalue weighted by Crippen LogP contribution is 2.15. The molecule has 13 heavy (non-hydrogen) atoms. The lowest BCUT2D eigenvalue weighted by Gasteiger charge is -1.67. The molecule has 0 aromatic carbocycles. The van der Waals surface area contributed by atoms with E-state index in [0.29, 0.717) is 0 Å². The molecule has 2 aliphatic rings. The van der Waals surface area contributed by atoms with Gasteiger partial charge >= 0.3 is 0 Å². The Hall–Kier alpha value is -0.620. The molecule has 0 radical (unpaired) electrons. The molecule has 0 bridgehead atoms. The highest BCUT2D eigenvalue weighted by molar-refractivity contribution is 5.26. The summed E-state index contributed by atoms with van der Waals surface area (Å²) >= 11 is 0. The van der Waals surface area contributed by atoms with E-state index in [4.69, 9.17) is 10.2 Å². The first-order valence-corrected chi connectivity index (χ1v) is 5.45. The zero-order valence-electron chi connectivity index (χ0n) is 8.48. The van der Waals surface area contributed by atoms with Crippen LogP contribution in [0.2, 0.25) is 0 Å². The summed E-state index contributed by atoms with van der Waals surface area (Å²) in [6.45, 7) is 0. The average molecular weight is 183 g/mol. The number of rotatable bonds is 0. The van der Waals surface area contributed by atoms with Gasteiger partial charge in [-0.2, -0.15) is 0 Å². The van der Waals surface area contributed by atoms with Gasteiger partial charge in [-0.15, -0.1) is 0 Å². The summed E-state index contributed by atoms with van der Waals surface area (Å²) in [4.78, 5) is 8.35. The third-order valence-electron chi connectivity index (χ3n) is 2.50. The Morgan fingerprint density at radius 3 is 0.769 bits per heavy atom. The zero-order chi connectivity index (χ0) is 9.78. The van der Waals surface area contributed by atoms with Gasteiger partial charge in [-0.05, 0) is 0 Å². The number of carbonyl (C=O) groups excluding carboxylic acids is 1. The van der Waals surface area contributed by atoms with Gasteiger partial charge in [0.2, 0.25) is 6.08 Å². The fourth-order valence-corrected chi connectivity index (χ4v) is 1.77. The summed E-state index contributed by atoms with van der Waals surface area (Å²) in [7, 11) is 0. The topological polar surface area (TPSA) is 40.9 Å². The molecule has 2 nitrogen and oxygen atoms in total. The van der Waals surface area contributed by atoms with Crippen LogP contribution in [0.1, 0.15) is 64.2 Å².